The lowest BCUT2D eigenvalue weighted by atomic mass is 9.91. The molecule has 6 nitrogen and oxygen atoms in total. The molecule has 4 amide bonds. The van der Waals surface area contributed by atoms with Gasteiger partial charge in [-0.1, -0.05) is 31.2 Å². The first-order valence-electron chi connectivity index (χ1n) is 8.60. The van der Waals surface area contributed by atoms with Gasteiger partial charge in [-0.3, -0.25) is 15.0 Å². The van der Waals surface area contributed by atoms with Crippen molar-refractivity contribution in [1.29, 1.82) is 0 Å². The quantitative estimate of drug-likeness (QED) is 0.790. The Bertz CT molecular complexity index is 709. The van der Waals surface area contributed by atoms with Crippen LogP contribution in [0.3, 0.4) is 0 Å². The zero-order valence-electron chi connectivity index (χ0n) is 14.5. The summed E-state index contributed by atoms with van der Waals surface area (Å²) in [5, 5.41) is 3.70. The number of hydrogen-bond donors (Lipinski definition) is 2. The van der Waals surface area contributed by atoms with Gasteiger partial charge in [0, 0.05) is 5.25 Å². The SMILES string of the molecule is CCC1(C)NC(=O)N(NC(=O)CSC2CCCc3ccccc32)C1=O. The molecule has 1 aliphatic heterocycles. The van der Waals surface area contributed by atoms with Crippen LogP contribution in [0.25, 0.3) is 0 Å². The Balaban J connectivity index is 1.58. The first-order valence-corrected chi connectivity index (χ1v) is 9.65. The Labute approximate surface area is 151 Å². The van der Waals surface area contributed by atoms with E-state index in [1.54, 1.807) is 18.7 Å². The summed E-state index contributed by atoms with van der Waals surface area (Å²) in [6, 6.07) is 7.75. The first kappa shape index (κ1) is 17.8. The Morgan fingerprint density at radius 3 is 2.88 bits per heavy atom. The van der Waals surface area contributed by atoms with Crippen LogP contribution in [0, 0.1) is 0 Å². The van der Waals surface area contributed by atoms with E-state index in [9.17, 15) is 14.4 Å². The highest BCUT2D eigenvalue weighted by atomic mass is 32.2. The molecule has 2 N–H and O–H groups in total. The minimum atomic E-state index is -0.945. The van der Waals surface area contributed by atoms with Gasteiger partial charge < -0.3 is 5.32 Å². The fraction of sp³-hybridized carbons (Fsp3) is 0.500. The Kier molecular flexibility index (Phi) is 5.03. The van der Waals surface area contributed by atoms with Crippen LogP contribution in [0.4, 0.5) is 4.79 Å². The van der Waals surface area contributed by atoms with Gasteiger partial charge in [0.15, 0.2) is 0 Å². The molecule has 1 saturated heterocycles. The minimum absolute atomic E-state index is 0.207. The van der Waals surface area contributed by atoms with Gasteiger partial charge in [-0.05, 0) is 43.7 Å². The zero-order chi connectivity index (χ0) is 18.0. The van der Waals surface area contributed by atoms with Crippen molar-refractivity contribution >= 4 is 29.6 Å². The van der Waals surface area contributed by atoms with Crippen LogP contribution in [0.1, 0.15) is 49.5 Å². The van der Waals surface area contributed by atoms with Crippen LogP contribution >= 0.6 is 11.8 Å². The number of aryl methyl sites for hydroxylation is 1. The topological polar surface area (TPSA) is 78.5 Å². The molecule has 1 aromatic carbocycles. The van der Waals surface area contributed by atoms with Crippen LogP contribution in [0.2, 0.25) is 0 Å². The summed E-state index contributed by atoms with van der Waals surface area (Å²) in [6.45, 7) is 3.48. The number of hydrazine groups is 1. The molecule has 7 heteroatoms. The van der Waals surface area contributed by atoms with Crippen LogP contribution in [-0.4, -0.2) is 34.1 Å². The number of benzene rings is 1. The molecule has 1 fully saturated rings. The number of fused-ring (bicyclic) bond motifs is 1. The summed E-state index contributed by atoms with van der Waals surface area (Å²) in [7, 11) is 0. The molecule has 1 aromatic rings. The van der Waals surface area contributed by atoms with Crippen molar-refractivity contribution in [1.82, 2.24) is 15.8 Å². The third-order valence-electron chi connectivity index (χ3n) is 4.93. The number of imide groups is 1. The second kappa shape index (κ2) is 7.07. The van der Waals surface area contributed by atoms with Gasteiger partial charge in [0.2, 0.25) is 5.91 Å². The van der Waals surface area contributed by atoms with E-state index in [0.717, 1.165) is 24.3 Å². The molecule has 0 saturated carbocycles. The number of urea groups is 1. The van der Waals surface area contributed by atoms with Gasteiger partial charge in [-0.15, -0.1) is 11.8 Å². The van der Waals surface area contributed by atoms with E-state index in [1.807, 2.05) is 19.1 Å². The fourth-order valence-corrected chi connectivity index (χ4v) is 4.40. The number of hydrogen-bond acceptors (Lipinski definition) is 4. The number of rotatable bonds is 5. The molecule has 25 heavy (non-hydrogen) atoms. The molecule has 1 aliphatic carbocycles. The standard InChI is InChI=1S/C18H23N3O3S/c1-3-18(2)16(23)21(17(24)19-18)20-15(22)11-25-14-10-6-8-12-7-4-5-9-13(12)14/h4-5,7,9,14H,3,6,8,10-11H2,1-2H3,(H,19,24)(H,20,22). The average molecular weight is 361 g/mol. The van der Waals surface area contributed by atoms with E-state index in [-0.39, 0.29) is 16.9 Å². The van der Waals surface area contributed by atoms with Gasteiger partial charge in [0.1, 0.15) is 5.54 Å². The minimum Gasteiger partial charge on any atom is -0.322 e. The van der Waals surface area contributed by atoms with Crippen molar-refractivity contribution in [3.8, 4) is 0 Å². The maximum absolute atomic E-state index is 12.3. The van der Waals surface area contributed by atoms with E-state index >= 15 is 0 Å². The number of thioether (sulfide) groups is 1. The molecule has 134 valence electrons. The molecule has 2 atom stereocenters. The van der Waals surface area contributed by atoms with Crippen molar-refractivity contribution in [2.45, 2.75) is 50.3 Å². The van der Waals surface area contributed by atoms with E-state index < -0.39 is 17.5 Å². The summed E-state index contributed by atoms with van der Waals surface area (Å²) in [6.07, 6.45) is 3.69. The maximum Gasteiger partial charge on any atom is 0.344 e. The van der Waals surface area contributed by atoms with Gasteiger partial charge in [0.05, 0.1) is 5.75 Å². The van der Waals surface area contributed by atoms with Crippen LogP contribution < -0.4 is 10.7 Å². The smallest absolute Gasteiger partial charge is 0.322 e. The summed E-state index contributed by atoms with van der Waals surface area (Å²) < 4.78 is 0. The lowest BCUT2D eigenvalue weighted by molar-refractivity contribution is -0.137. The van der Waals surface area contributed by atoms with Crippen molar-refractivity contribution in [3.05, 3.63) is 35.4 Å². The predicted octanol–water partition coefficient (Wildman–Crippen LogP) is 2.55. The van der Waals surface area contributed by atoms with Gasteiger partial charge in [-0.2, -0.15) is 5.01 Å². The second-order valence-corrected chi connectivity index (χ2v) is 7.87. The van der Waals surface area contributed by atoms with E-state index in [0.29, 0.717) is 6.42 Å². The lowest BCUT2D eigenvalue weighted by Crippen LogP contribution is -2.49. The molecular formula is C18H23N3O3S. The van der Waals surface area contributed by atoms with E-state index in [2.05, 4.69) is 22.9 Å². The van der Waals surface area contributed by atoms with Crippen molar-refractivity contribution in [2.24, 2.45) is 0 Å². The summed E-state index contributed by atoms with van der Waals surface area (Å²) in [5.74, 6) is -0.544. The van der Waals surface area contributed by atoms with Gasteiger partial charge in [0.25, 0.3) is 5.91 Å². The Morgan fingerprint density at radius 2 is 2.16 bits per heavy atom. The summed E-state index contributed by atoms with van der Waals surface area (Å²) >= 11 is 1.56. The van der Waals surface area contributed by atoms with Crippen LogP contribution in [0.5, 0.6) is 0 Å². The fourth-order valence-electron chi connectivity index (χ4n) is 3.24. The zero-order valence-corrected chi connectivity index (χ0v) is 15.3. The second-order valence-electron chi connectivity index (χ2n) is 6.68. The number of amides is 4. The highest BCUT2D eigenvalue weighted by Gasteiger charge is 2.47. The molecule has 2 unspecified atom stereocenters. The Hall–Kier alpha value is -2.02. The van der Waals surface area contributed by atoms with Crippen molar-refractivity contribution < 1.29 is 14.4 Å². The monoisotopic (exact) mass is 361 g/mol. The molecule has 2 aliphatic rings. The first-order chi connectivity index (χ1) is 11.9. The molecule has 0 radical (unpaired) electrons. The van der Waals surface area contributed by atoms with Gasteiger partial charge in [-0.25, -0.2) is 4.79 Å². The number of nitrogens with one attached hydrogen (secondary N) is 2. The third kappa shape index (κ3) is 3.51. The lowest BCUT2D eigenvalue weighted by Gasteiger charge is -2.25. The largest absolute Gasteiger partial charge is 0.344 e. The molecule has 0 spiro atoms. The van der Waals surface area contributed by atoms with Crippen LogP contribution in [0.15, 0.2) is 24.3 Å². The van der Waals surface area contributed by atoms with Crippen LogP contribution in [-0.2, 0) is 16.0 Å². The molecule has 0 bridgehead atoms. The molecule has 1 heterocycles. The van der Waals surface area contributed by atoms with Crippen molar-refractivity contribution in [2.75, 3.05) is 5.75 Å². The predicted molar refractivity (Wildman–Crippen MR) is 96.8 cm³/mol. The highest BCUT2D eigenvalue weighted by Crippen LogP contribution is 2.39. The number of carbonyl (C=O) groups is 3. The number of nitrogens with zero attached hydrogens (tertiary/aromatic N) is 1. The van der Waals surface area contributed by atoms with Crippen molar-refractivity contribution in [3.63, 3.8) is 0 Å². The number of carbonyl (C=O) groups excluding carboxylic acids is 3. The summed E-state index contributed by atoms with van der Waals surface area (Å²) in [4.78, 5) is 36.5. The molecule has 0 aromatic heterocycles. The highest BCUT2D eigenvalue weighted by molar-refractivity contribution is 8.00. The van der Waals surface area contributed by atoms with E-state index in [4.69, 9.17) is 0 Å². The summed E-state index contributed by atoms with van der Waals surface area (Å²) in [5.41, 5.74) is 4.14. The molecule has 3 rings (SSSR count). The van der Waals surface area contributed by atoms with E-state index in [1.165, 1.54) is 11.1 Å². The molecular weight excluding hydrogens is 338 g/mol. The normalized spacial score (nSPS) is 25.5. The maximum atomic E-state index is 12.3. The third-order valence-corrected chi connectivity index (χ3v) is 6.26. The average Bonchev–Trinajstić information content (AvgIpc) is 2.83. The van der Waals surface area contributed by atoms with Gasteiger partial charge >= 0.3 is 6.03 Å². The Morgan fingerprint density at radius 1 is 1.40 bits per heavy atom.